The molecule has 0 aliphatic carbocycles. The lowest BCUT2D eigenvalue weighted by atomic mass is 10.0. The van der Waals surface area contributed by atoms with Gasteiger partial charge in [0.1, 0.15) is 13.2 Å². The summed E-state index contributed by atoms with van der Waals surface area (Å²) in [6.45, 7) is 15.3. The van der Waals surface area contributed by atoms with Crippen molar-refractivity contribution in [3.63, 3.8) is 0 Å². The fourth-order valence-electron chi connectivity index (χ4n) is 5.50. The molecule has 2 aliphatic rings. The molecule has 15 nitrogen and oxygen atoms in total. The Morgan fingerprint density at radius 3 is 1.98 bits per heavy atom. The average molecular weight is 645 g/mol. The summed E-state index contributed by atoms with van der Waals surface area (Å²) in [4.78, 5) is 84.6. The maximum Gasteiger partial charge on any atom is 0.349 e. The lowest BCUT2D eigenvalue weighted by molar-refractivity contribution is -0.936. The second kappa shape index (κ2) is 15.1. The number of nitrogens with one attached hydrogen (secondary N) is 1. The number of rotatable bonds is 14. The molecular formula is C31H42N5O10+. The number of fused-ring (bicyclic) bond motifs is 2. The number of ether oxygens (including phenoxy) is 4. The minimum atomic E-state index is -1.49. The number of carbonyl (C=O) groups excluding carboxylic acids is 4. The van der Waals surface area contributed by atoms with Crippen LogP contribution in [0.2, 0.25) is 0 Å². The predicted molar refractivity (Wildman–Crippen MR) is 165 cm³/mol. The summed E-state index contributed by atoms with van der Waals surface area (Å²) in [6, 6.07) is 3.72. The highest BCUT2D eigenvalue weighted by molar-refractivity contribution is 5.81. The van der Waals surface area contributed by atoms with Gasteiger partial charge in [0.2, 0.25) is 0 Å². The predicted octanol–water partition coefficient (Wildman–Crippen LogP) is 1.63. The van der Waals surface area contributed by atoms with Gasteiger partial charge in [0, 0.05) is 33.3 Å². The zero-order valence-corrected chi connectivity index (χ0v) is 27.5. The van der Waals surface area contributed by atoms with E-state index in [4.69, 9.17) is 18.9 Å². The summed E-state index contributed by atoms with van der Waals surface area (Å²) in [5.74, 6) is -3.17. The average Bonchev–Trinajstić information content (AvgIpc) is 2.97. The smallest absolute Gasteiger partial charge is 0.349 e. The van der Waals surface area contributed by atoms with E-state index in [0.717, 1.165) is 62.9 Å². The summed E-state index contributed by atoms with van der Waals surface area (Å²) in [5.41, 5.74) is 0.902. The van der Waals surface area contributed by atoms with Crippen LogP contribution in [0.4, 0.5) is 0 Å². The normalized spacial score (nSPS) is 13.6. The van der Waals surface area contributed by atoms with Crippen LogP contribution in [-0.2, 0) is 51.2 Å². The van der Waals surface area contributed by atoms with Crippen LogP contribution in [0.15, 0.2) is 21.7 Å². The van der Waals surface area contributed by atoms with Crippen molar-refractivity contribution in [3.8, 4) is 11.5 Å². The molecule has 0 aromatic heterocycles. The van der Waals surface area contributed by atoms with Crippen molar-refractivity contribution in [1.82, 2.24) is 19.5 Å². The van der Waals surface area contributed by atoms with Gasteiger partial charge >= 0.3 is 29.6 Å². The molecule has 15 heteroatoms. The van der Waals surface area contributed by atoms with Gasteiger partial charge in [-0.3, -0.25) is 29.0 Å². The highest BCUT2D eigenvalue weighted by atomic mass is 16.6. The first kappa shape index (κ1) is 35.8. The summed E-state index contributed by atoms with van der Waals surface area (Å²) in [6.07, 6.45) is -4.27. The fourth-order valence-corrected chi connectivity index (χ4v) is 5.50. The number of aromatic nitrogens is 4. The monoisotopic (exact) mass is 644 g/mol. The highest BCUT2D eigenvalue weighted by Gasteiger charge is 2.39. The molecule has 0 spiro atoms. The molecule has 3 atom stereocenters. The maximum absolute atomic E-state index is 12.9. The van der Waals surface area contributed by atoms with E-state index in [9.17, 15) is 28.8 Å². The first-order valence-corrected chi connectivity index (χ1v) is 15.1. The number of aryl methyl sites for hydroxylation is 1. The van der Waals surface area contributed by atoms with Crippen molar-refractivity contribution >= 4 is 34.9 Å². The Morgan fingerprint density at radius 2 is 1.43 bits per heavy atom. The molecule has 0 saturated heterocycles. The zero-order chi connectivity index (χ0) is 34.3. The number of esters is 4. The molecular weight excluding hydrogens is 602 g/mol. The van der Waals surface area contributed by atoms with E-state index in [0.29, 0.717) is 17.6 Å². The Balaban J connectivity index is 2.35. The lowest BCUT2D eigenvalue weighted by Gasteiger charge is -2.36. The quantitative estimate of drug-likeness (QED) is 0.116. The van der Waals surface area contributed by atoms with Crippen LogP contribution in [0.3, 0.4) is 0 Å². The zero-order valence-electron chi connectivity index (χ0n) is 27.5. The third-order valence-corrected chi connectivity index (χ3v) is 8.07. The molecule has 250 valence electrons. The fraction of sp³-hybridized carbons (Fsp3) is 0.548. The van der Waals surface area contributed by atoms with Gasteiger partial charge in [-0.05, 0) is 45.4 Å². The largest absolute Gasteiger partial charge is 0.462 e. The van der Waals surface area contributed by atoms with E-state index >= 15 is 0 Å². The van der Waals surface area contributed by atoms with E-state index < -0.39 is 60.0 Å². The minimum absolute atomic E-state index is 0.110. The van der Waals surface area contributed by atoms with Crippen LogP contribution in [0, 0.1) is 6.92 Å². The minimum Gasteiger partial charge on any atom is -0.462 e. The van der Waals surface area contributed by atoms with E-state index in [1.54, 1.807) is 0 Å². The van der Waals surface area contributed by atoms with Crippen molar-refractivity contribution in [2.45, 2.75) is 86.8 Å². The third-order valence-electron chi connectivity index (χ3n) is 8.07. The van der Waals surface area contributed by atoms with Gasteiger partial charge in [-0.2, -0.15) is 4.98 Å². The molecule has 3 unspecified atom stereocenters. The van der Waals surface area contributed by atoms with E-state index in [1.807, 2.05) is 19.1 Å². The Hall–Kier alpha value is -4.66. The number of hydrogen-bond donors (Lipinski definition) is 1. The van der Waals surface area contributed by atoms with Crippen LogP contribution in [-0.4, -0.2) is 92.4 Å². The molecule has 0 bridgehead atoms. The number of carbonyl (C=O) groups is 4. The Kier molecular flexibility index (Phi) is 11.7. The second-order valence-electron chi connectivity index (χ2n) is 11.2. The SMILES string of the molecule is CC[N+](CC)(CC)Cc1cc2c(cc1C)nc1c(=O)[nH]c(=O)nc-1n2CC(OC(C)=O)C(OC(C)=O)C(COC(C)=O)OC(C)=O. The lowest BCUT2D eigenvalue weighted by Crippen LogP contribution is -2.49. The van der Waals surface area contributed by atoms with Crippen molar-refractivity contribution in [1.29, 1.82) is 0 Å². The molecule has 2 aliphatic heterocycles. The molecule has 0 amide bonds. The van der Waals surface area contributed by atoms with E-state index in [2.05, 4.69) is 35.7 Å². The molecule has 0 fully saturated rings. The summed E-state index contributed by atoms with van der Waals surface area (Å²) < 4.78 is 23.9. The summed E-state index contributed by atoms with van der Waals surface area (Å²) in [7, 11) is 0. The molecule has 0 saturated carbocycles. The van der Waals surface area contributed by atoms with Gasteiger partial charge in [0.05, 0.1) is 37.2 Å². The molecule has 1 aromatic rings. The molecule has 46 heavy (non-hydrogen) atoms. The number of hydrogen-bond acceptors (Lipinski definition) is 12. The van der Waals surface area contributed by atoms with Crippen LogP contribution < -0.4 is 11.2 Å². The number of quaternary nitrogens is 1. The van der Waals surface area contributed by atoms with Gasteiger partial charge in [-0.1, -0.05) is 0 Å². The first-order valence-electron chi connectivity index (χ1n) is 15.1. The molecule has 0 radical (unpaired) electrons. The topological polar surface area (TPSA) is 186 Å². The van der Waals surface area contributed by atoms with Crippen LogP contribution in [0.5, 0.6) is 0 Å². The van der Waals surface area contributed by atoms with Crippen molar-refractivity contribution in [3.05, 3.63) is 44.1 Å². The summed E-state index contributed by atoms with van der Waals surface area (Å²) in [5, 5.41) is 0. The van der Waals surface area contributed by atoms with E-state index in [-0.39, 0.29) is 18.1 Å². The molecule has 1 N–H and O–H groups in total. The standard InChI is InChI=1S/C31H41N5O10/c1-9-36(10-2,11-3)15-22-13-24-23(12-17(22)4)32-27-29(33-31(42)34-30(27)41)35(24)14-25(44-19(6)38)28(46-21(8)40)26(45-20(7)39)16-43-18(5)37/h12-13,25-26,28H,9-11,14-16H2,1-8H3/p+1. The van der Waals surface area contributed by atoms with Crippen LogP contribution in [0.25, 0.3) is 22.6 Å². The van der Waals surface area contributed by atoms with Gasteiger partial charge < -0.3 is 28.0 Å². The van der Waals surface area contributed by atoms with Crippen LogP contribution in [0.1, 0.15) is 59.6 Å². The number of H-pyrrole nitrogens is 1. The van der Waals surface area contributed by atoms with Gasteiger partial charge in [-0.25, -0.2) is 9.78 Å². The molecule has 2 heterocycles. The third kappa shape index (κ3) is 8.53. The van der Waals surface area contributed by atoms with Crippen molar-refractivity contribution in [2.75, 3.05) is 26.2 Å². The molecule has 1 aromatic carbocycles. The first-order chi connectivity index (χ1) is 21.6. The maximum atomic E-state index is 12.9. The molecule has 3 rings (SSSR count). The van der Waals surface area contributed by atoms with Gasteiger partial charge in [-0.15, -0.1) is 0 Å². The second-order valence-corrected chi connectivity index (χ2v) is 11.2. The Morgan fingerprint density at radius 1 is 0.848 bits per heavy atom. The number of nitrogens with zero attached hydrogens (tertiary/aromatic N) is 4. The van der Waals surface area contributed by atoms with Crippen LogP contribution >= 0.6 is 0 Å². The number of benzene rings is 1. The Bertz CT molecular complexity index is 1680. The van der Waals surface area contributed by atoms with Gasteiger partial charge in [0.25, 0.3) is 5.56 Å². The van der Waals surface area contributed by atoms with Crippen molar-refractivity contribution < 1.29 is 42.6 Å². The van der Waals surface area contributed by atoms with Gasteiger partial charge in [0.15, 0.2) is 29.8 Å². The highest BCUT2D eigenvalue weighted by Crippen LogP contribution is 2.28. The summed E-state index contributed by atoms with van der Waals surface area (Å²) >= 11 is 0. The van der Waals surface area contributed by atoms with Crippen molar-refractivity contribution in [2.24, 2.45) is 0 Å². The number of aromatic amines is 1. The Labute approximate surface area is 265 Å². The van der Waals surface area contributed by atoms with E-state index in [1.165, 1.54) is 4.57 Å².